The Morgan fingerprint density at radius 2 is 2.07 bits per heavy atom. The number of aliphatic hydroxyl groups excluding tert-OH is 1. The average Bonchev–Trinajstić information content (AvgIpc) is 3.06. The molecule has 0 saturated carbocycles. The maximum absolute atomic E-state index is 11.8. The lowest BCUT2D eigenvalue weighted by molar-refractivity contribution is -0.343. The maximum Gasteiger partial charge on any atom is 0.280 e. The third-order valence-electron chi connectivity index (χ3n) is 3.69. The lowest BCUT2D eigenvalue weighted by atomic mass is 10.1. The topological polar surface area (TPSA) is 261 Å². The van der Waals surface area contributed by atoms with Crippen LogP contribution in [0.1, 0.15) is 6.23 Å². The van der Waals surface area contributed by atoms with Gasteiger partial charge >= 0.3 is 0 Å². The maximum atomic E-state index is 11.8. The molecule has 0 aromatic carbocycles. The van der Waals surface area contributed by atoms with Gasteiger partial charge in [0.25, 0.3) is 13.4 Å². The zero-order valence-electron chi connectivity index (χ0n) is 13.5. The van der Waals surface area contributed by atoms with Gasteiger partial charge in [-0.2, -0.15) is 4.98 Å². The molecule has 1 aliphatic heterocycles. The number of hydrogen-bond acceptors (Lipinski definition) is 13. The highest BCUT2D eigenvalue weighted by molar-refractivity contribution is 7.44. The zero-order chi connectivity index (χ0) is 20.9. The first-order chi connectivity index (χ1) is 12.9. The Morgan fingerprint density at radius 1 is 1.39 bits per heavy atom. The van der Waals surface area contributed by atoms with Crippen molar-refractivity contribution in [2.75, 3.05) is 12.3 Å². The van der Waals surface area contributed by atoms with Gasteiger partial charge in [0.2, 0.25) is 5.95 Å². The summed E-state index contributed by atoms with van der Waals surface area (Å²) in [7, 11) is -10.9. The van der Waals surface area contributed by atoms with Crippen LogP contribution in [0.15, 0.2) is 11.1 Å². The van der Waals surface area contributed by atoms with Crippen molar-refractivity contribution in [2.45, 2.75) is 24.5 Å². The summed E-state index contributed by atoms with van der Waals surface area (Å²) in [5.74, 6) is -0.294. The number of hydrogen-bond donors (Lipinski definition) is 4. The van der Waals surface area contributed by atoms with Crippen LogP contribution in [0.4, 0.5) is 5.95 Å². The molecule has 5 atom stereocenters. The number of nitrogens with zero attached hydrogens (tertiary/aromatic N) is 3. The first kappa shape index (κ1) is 21.0. The van der Waals surface area contributed by atoms with Crippen LogP contribution in [0.3, 0.4) is 0 Å². The lowest BCUT2D eigenvalue weighted by Gasteiger charge is -2.31. The molecule has 0 spiro atoms. The van der Waals surface area contributed by atoms with Crippen LogP contribution in [0, 0.1) is 0 Å². The SMILES string of the molecule is Nc1nc2c(ncn2C2OC(COP(=O)([O-])[O-])C(OP(=O)([O-])O)C2O)c(=O)[nH]1. The molecule has 18 heteroatoms. The van der Waals surface area contributed by atoms with E-state index in [0.717, 1.165) is 10.9 Å². The van der Waals surface area contributed by atoms with Crippen LogP contribution in [0.25, 0.3) is 11.2 Å². The molecule has 16 nitrogen and oxygen atoms in total. The highest BCUT2D eigenvalue weighted by Gasteiger charge is 2.47. The molecule has 2 aromatic heterocycles. The van der Waals surface area contributed by atoms with E-state index in [0.29, 0.717) is 0 Å². The summed E-state index contributed by atoms with van der Waals surface area (Å²) in [6.45, 7) is -1.02. The summed E-state index contributed by atoms with van der Waals surface area (Å²) in [4.78, 5) is 62.9. The van der Waals surface area contributed by atoms with Crippen LogP contribution < -0.4 is 26.0 Å². The monoisotopic (exact) mass is 440 g/mol. The minimum absolute atomic E-state index is 0.154. The Hall–Kier alpha value is -1.71. The number of nitrogens with two attached hydrogens (primary N) is 1. The minimum Gasteiger partial charge on any atom is -0.790 e. The Labute approximate surface area is 154 Å². The van der Waals surface area contributed by atoms with Crippen LogP contribution in [-0.4, -0.2) is 54.4 Å². The van der Waals surface area contributed by atoms with Gasteiger partial charge in [0.15, 0.2) is 17.4 Å². The van der Waals surface area contributed by atoms with Crippen LogP contribution >= 0.6 is 15.6 Å². The largest absolute Gasteiger partial charge is 0.790 e. The van der Waals surface area contributed by atoms with Crippen molar-refractivity contribution in [3.8, 4) is 0 Å². The highest BCUT2D eigenvalue weighted by Crippen LogP contribution is 2.42. The predicted octanol–water partition coefficient (Wildman–Crippen LogP) is -4.35. The second-order valence-electron chi connectivity index (χ2n) is 5.61. The standard InChI is InChI=1S/C10H15N5O11P2/c11-10-13-7-4(8(17)14-10)12-2-15(7)9-5(16)6(26-28(21,22)23)3(25-9)1-24-27(18,19)20/h2-3,5-6,9,16H,1H2,(H2,18,19,20)(H2,21,22,23)(H3,11,13,14,17)/p-3. The van der Waals surface area contributed by atoms with Gasteiger partial charge in [0.1, 0.15) is 18.3 Å². The molecule has 156 valence electrons. The summed E-state index contributed by atoms with van der Waals surface area (Å²) < 4.78 is 36.4. The van der Waals surface area contributed by atoms with E-state index in [1.807, 2.05) is 0 Å². The van der Waals surface area contributed by atoms with Gasteiger partial charge in [-0.05, 0) is 0 Å². The van der Waals surface area contributed by atoms with Gasteiger partial charge in [-0.25, -0.2) is 4.98 Å². The van der Waals surface area contributed by atoms with Gasteiger partial charge in [-0.1, -0.05) is 0 Å². The summed E-state index contributed by atoms with van der Waals surface area (Å²) >= 11 is 0. The molecule has 5 unspecified atom stereocenters. The molecule has 0 aliphatic carbocycles. The van der Waals surface area contributed by atoms with Crippen molar-refractivity contribution in [3.05, 3.63) is 16.7 Å². The van der Waals surface area contributed by atoms with Crippen molar-refractivity contribution in [1.29, 1.82) is 0 Å². The van der Waals surface area contributed by atoms with E-state index in [4.69, 9.17) is 15.4 Å². The molecule has 0 radical (unpaired) electrons. The van der Waals surface area contributed by atoms with Crippen molar-refractivity contribution in [1.82, 2.24) is 19.5 Å². The summed E-state index contributed by atoms with van der Waals surface area (Å²) in [5, 5.41) is 10.4. The van der Waals surface area contributed by atoms with E-state index < -0.39 is 52.4 Å². The van der Waals surface area contributed by atoms with E-state index >= 15 is 0 Å². The normalized spacial score (nSPS) is 27.9. The van der Waals surface area contributed by atoms with E-state index in [2.05, 4.69) is 24.0 Å². The number of ether oxygens (including phenoxy) is 1. The zero-order valence-corrected chi connectivity index (χ0v) is 15.3. The quantitative estimate of drug-likeness (QED) is 0.309. The number of phosphoric ester groups is 2. The van der Waals surface area contributed by atoms with E-state index in [1.165, 1.54) is 0 Å². The van der Waals surface area contributed by atoms with Crippen molar-refractivity contribution in [2.24, 2.45) is 0 Å². The number of aliphatic hydroxyl groups is 1. The van der Waals surface area contributed by atoms with Crippen LogP contribution in [0.5, 0.6) is 0 Å². The molecule has 1 fully saturated rings. The fourth-order valence-electron chi connectivity index (χ4n) is 2.66. The van der Waals surface area contributed by atoms with Gasteiger partial charge in [-0.3, -0.25) is 18.9 Å². The number of H-pyrrole nitrogens is 1. The number of fused-ring (bicyclic) bond motifs is 1. The molecule has 3 rings (SSSR count). The fraction of sp³-hybridized carbons (Fsp3) is 0.500. The molecule has 28 heavy (non-hydrogen) atoms. The fourth-order valence-corrected chi connectivity index (χ4v) is 3.56. The van der Waals surface area contributed by atoms with Crippen LogP contribution in [-0.2, 0) is 22.9 Å². The first-order valence-corrected chi connectivity index (χ1v) is 10.3. The summed E-state index contributed by atoms with van der Waals surface area (Å²) in [6.07, 6.45) is -5.83. The van der Waals surface area contributed by atoms with Crippen LogP contribution in [0.2, 0.25) is 0 Å². The number of aromatic nitrogens is 4. The van der Waals surface area contributed by atoms with Gasteiger partial charge in [0.05, 0.1) is 20.8 Å². The molecule has 3 heterocycles. The third-order valence-corrected chi connectivity index (χ3v) is 4.66. The number of nitrogens with one attached hydrogen (secondary N) is 1. The number of rotatable bonds is 6. The van der Waals surface area contributed by atoms with Gasteiger partial charge in [-0.15, -0.1) is 0 Å². The number of imidazole rings is 1. The van der Waals surface area contributed by atoms with Crippen molar-refractivity contribution in [3.63, 3.8) is 0 Å². The molecule has 0 bridgehead atoms. The molecule has 0 amide bonds. The van der Waals surface area contributed by atoms with Crippen molar-refractivity contribution < 1.29 is 47.6 Å². The molecule has 1 saturated heterocycles. The second-order valence-corrected chi connectivity index (χ2v) is 7.91. The Kier molecular flexibility index (Phi) is 5.46. The lowest BCUT2D eigenvalue weighted by Crippen LogP contribution is -2.37. The predicted molar refractivity (Wildman–Crippen MR) is 80.7 cm³/mol. The molecule has 2 aromatic rings. The van der Waals surface area contributed by atoms with E-state index in [9.17, 15) is 33.7 Å². The average molecular weight is 440 g/mol. The summed E-state index contributed by atoms with van der Waals surface area (Å²) in [6, 6.07) is 0. The second kappa shape index (κ2) is 7.27. The molecular formula is C10H12N5O11P2-3. The molecule has 1 aliphatic rings. The van der Waals surface area contributed by atoms with E-state index in [-0.39, 0.29) is 17.1 Å². The summed E-state index contributed by atoms with van der Waals surface area (Å²) in [5.41, 5.74) is 4.40. The van der Waals surface area contributed by atoms with Gasteiger partial charge in [0, 0.05) is 0 Å². The Morgan fingerprint density at radius 3 is 2.68 bits per heavy atom. The smallest absolute Gasteiger partial charge is 0.280 e. The van der Waals surface area contributed by atoms with Crippen molar-refractivity contribution >= 4 is 32.8 Å². The minimum atomic E-state index is -5.47. The highest BCUT2D eigenvalue weighted by atomic mass is 31.2. The Balaban J connectivity index is 1.97. The number of aromatic amines is 1. The molecular weight excluding hydrogens is 428 g/mol. The van der Waals surface area contributed by atoms with E-state index in [1.54, 1.807) is 0 Å². The number of nitrogen functional groups attached to an aromatic ring is 1. The number of phosphoric acid groups is 2. The number of anilines is 1. The first-order valence-electron chi connectivity index (χ1n) is 7.30. The Bertz CT molecular complexity index is 1030. The molecule has 5 N–H and O–H groups in total. The third kappa shape index (κ3) is 4.47. The van der Waals surface area contributed by atoms with Gasteiger partial charge < -0.3 is 48.8 Å².